The first-order valence-electron chi connectivity index (χ1n) is 6.89. The number of hydrogen-bond donors (Lipinski definition) is 1. The van der Waals surface area contributed by atoms with Gasteiger partial charge in [-0.15, -0.1) is 0 Å². The number of nitrogens with zero attached hydrogens (tertiary/aromatic N) is 1. The van der Waals surface area contributed by atoms with Gasteiger partial charge in [-0.05, 0) is 19.8 Å². The van der Waals surface area contributed by atoms with Crippen molar-refractivity contribution in [3.63, 3.8) is 0 Å². The van der Waals surface area contributed by atoms with E-state index in [9.17, 15) is 4.79 Å². The van der Waals surface area contributed by atoms with Gasteiger partial charge in [-0.1, -0.05) is 19.3 Å². The molecule has 1 saturated carbocycles. The molecule has 17 heavy (non-hydrogen) atoms. The molecule has 0 aromatic rings. The lowest BCUT2D eigenvalue weighted by Crippen LogP contribution is -2.51. The molecule has 0 aromatic carbocycles. The van der Waals surface area contributed by atoms with E-state index in [4.69, 9.17) is 4.74 Å². The van der Waals surface area contributed by atoms with Gasteiger partial charge in [-0.25, -0.2) is 0 Å². The highest BCUT2D eigenvalue weighted by Gasteiger charge is 2.25. The van der Waals surface area contributed by atoms with Gasteiger partial charge in [-0.2, -0.15) is 0 Å². The van der Waals surface area contributed by atoms with Crippen molar-refractivity contribution >= 4 is 5.91 Å². The van der Waals surface area contributed by atoms with Crippen LogP contribution in [0.5, 0.6) is 0 Å². The third kappa shape index (κ3) is 3.68. The lowest BCUT2D eigenvalue weighted by atomic mass is 9.95. The minimum absolute atomic E-state index is 0.0131. The molecule has 0 aromatic heterocycles. The van der Waals surface area contributed by atoms with Crippen molar-refractivity contribution in [3.05, 3.63) is 0 Å². The maximum Gasteiger partial charge on any atom is 0.237 e. The Kier molecular flexibility index (Phi) is 4.80. The minimum atomic E-state index is -0.0131. The third-order valence-corrected chi connectivity index (χ3v) is 3.92. The van der Waals surface area contributed by atoms with Gasteiger partial charge < -0.3 is 10.1 Å². The Morgan fingerprint density at radius 2 is 1.88 bits per heavy atom. The van der Waals surface area contributed by atoms with E-state index in [0.717, 1.165) is 39.1 Å². The van der Waals surface area contributed by atoms with Crippen LogP contribution in [0.15, 0.2) is 0 Å². The topological polar surface area (TPSA) is 41.6 Å². The van der Waals surface area contributed by atoms with Crippen LogP contribution in [0.1, 0.15) is 39.0 Å². The van der Waals surface area contributed by atoms with E-state index in [2.05, 4.69) is 10.2 Å². The van der Waals surface area contributed by atoms with Gasteiger partial charge in [0.15, 0.2) is 0 Å². The Morgan fingerprint density at radius 1 is 1.24 bits per heavy atom. The summed E-state index contributed by atoms with van der Waals surface area (Å²) in [4.78, 5) is 14.3. The summed E-state index contributed by atoms with van der Waals surface area (Å²) >= 11 is 0. The molecular weight excluding hydrogens is 216 g/mol. The monoisotopic (exact) mass is 240 g/mol. The summed E-state index contributed by atoms with van der Waals surface area (Å²) in [7, 11) is 0. The van der Waals surface area contributed by atoms with E-state index in [1.54, 1.807) is 0 Å². The highest BCUT2D eigenvalue weighted by Crippen LogP contribution is 2.17. The Labute approximate surface area is 104 Å². The summed E-state index contributed by atoms with van der Waals surface area (Å²) in [5, 5.41) is 3.19. The second-order valence-electron chi connectivity index (χ2n) is 5.17. The first-order valence-corrected chi connectivity index (χ1v) is 6.89. The van der Waals surface area contributed by atoms with Crippen molar-refractivity contribution < 1.29 is 9.53 Å². The number of rotatable bonds is 3. The van der Waals surface area contributed by atoms with Crippen LogP contribution in [-0.2, 0) is 9.53 Å². The van der Waals surface area contributed by atoms with E-state index in [-0.39, 0.29) is 11.9 Å². The van der Waals surface area contributed by atoms with E-state index < -0.39 is 0 Å². The summed E-state index contributed by atoms with van der Waals surface area (Å²) < 4.78 is 5.31. The zero-order chi connectivity index (χ0) is 12.1. The highest BCUT2D eigenvalue weighted by molar-refractivity contribution is 5.81. The number of carbonyl (C=O) groups excluding carboxylic acids is 1. The van der Waals surface area contributed by atoms with E-state index in [1.807, 2.05) is 6.92 Å². The zero-order valence-electron chi connectivity index (χ0n) is 10.8. The Bertz CT molecular complexity index is 246. The number of nitrogens with one attached hydrogen (secondary N) is 1. The van der Waals surface area contributed by atoms with Crippen molar-refractivity contribution in [2.75, 3.05) is 26.3 Å². The van der Waals surface area contributed by atoms with Gasteiger partial charge in [0, 0.05) is 19.1 Å². The molecule has 1 heterocycles. The molecule has 98 valence electrons. The molecule has 0 unspecified atom stereocenters. The van der Waals surface area contributed by atoms with Crippen molar-refractivity contribution in [1.82, 2.24) is 10.2 Å². The second-order valence-corrected chi connectivity index (χ2v) is 5.17. The Hall–Kier alpha value is -0.610. The normalized spacial score (nSPS) is 25.5. The molecule has 4 nitrogen and oxygen atoms in total. The minimum Gasteiger partial charge on any atom is -0.379 e. The van der Waals surface area contributed by atoms with Crippen LogP contribution in [0.4, 0.5) is 0 Å². The molecule has 0 radical (unpaired) electrons. The molecule has 2 aliphatic rings. The quantitative estimate of drug-likeness (QED) is 0.805. The van der Waals surface area contributed by atoms with Crippen LogP contribution >= 0.6 is 0 Å². The summed E-state index contributed by atoms with van der Waals surface area (Å²) in [6.45, 7) is 5.25. The van der Waals surface area contributed by atoms with Gasteiger partial charge in [0.1, 0.15) is 0 Å². The number of ether oxygens (including phenoxy) is 1. The Morgan fingerprint density at radius 3 is 2.53 bits per heavy atom. The average molecular weight is 240 g/mol. The highest BCUT2D eigenvalue weighted by atomic mass is 16.5. The van der Waals surface area contributed by atoms with E-state index in [0.29, 0.717) is 6.04 Å². The molecule has 4 heteroatoms. The van der Waals surface area contributed by atoms with Crippen LogP contribution in [0, 0.1) is 0 Å². The zero-order valence-corrected chi connectivity index (χ0v) is 10.8. The average Bonchev–Trinajstić information content (AvgIpc) is 2.40. The summed E-state index contributed by atoms with van der Waals surface area (Å²) in [5.74, 6) is 0.193. The van der Waals surface area contributed by atoms with Crippen molar-refractivity contribution in [3.8, 4) is 0 Å². The molecule has 1 amide bonds. The van der Waals surface area contributed by atoms with Crippen LogP contribution < -0.4 is 5.32 Å². The van der Waals surface area contributed by atoms with Crippen molar-refractivity contribution in [2.24, 2.45) is 0 Å². The molecule has 1 atom stereocenters. The van der Waals surface area contributed by atoms with Crippen LogP contribution in [0.3, 0.4) is 0 Å². The van der Waals surface area contributed by atoms with Gasteiger partial charge in [0.2, 0.25) is 5.91 Å². The molecule has 0 spiro atoms. The number of hydrogen-bond acceptors (Lipinski definition) is 3. The van der Waals surface area contributed by atoms with E-state index >= 15 is 0 Å². The molecule has 1 aliphatic heterocycles. The standard InChI is InChI=1S/C13H24N2O2/c1-11(15-7-9-17-10-8-15)13(16)14-12-5-3-2-4-6-12/h11-12H,2-10H2,1H3,(H,14,16)/t11-/m1/s1. The summed E-state index contributed by atoms with van der Waals surface area (Å²) in [6, 6.07) is 0.403. The molecule has 1 aliphatic carbocycles. The lowest BCUT2D eigenvalue weighted by Gasteiger charge is -2.33. The van der Waals surface area contributed by atoms with Gasteiger partial charge in [0.25, 0.3) is 0 Å². The summed E-state index contributed by atoms with van der Waals surface area (Å²) in [5.41, 5.74) is 0. The fourth-order valence-corrected chi connectivity index (χ4v) is 2.70. The first-order chi connectivity index (χ1) is 8.27. The van der Waals surface area contributed by atoms with Crippen LogP contribution in [-0.4, -0.2) is 49.2 Å². The van der Waals surface area contributed by atoms with Crippen LogP contribution in [0.2, 0.25) is 0 Å². The van der Waals surface area contributed by atoms with Crippen molar-refractivity contribution in [2.45, 2.75) is 51.1 Å². The SMILES string of the molecule is C[C@H](C(=O)NC1CCCCC1)N1CCOCC1. The third-order valence-electron chi connectivity index (χ3n) is 3.92. The predicted octanol–water partition coefficient (Wildman–Crippen LogP) is 1.16. The Balaban J connectivity index is 1.77. The maximum absolute atomic E-state index is 12.1. The first kappa shape index (κ1) is 12.8. The van der Waals surface area contributed by atoms with Crippen LogP contribution in [0.25, 0.3) is 0 Å². The largest absolute Gasteiger partial charge is 0.379 e. The predicted molar refractivity (Wildman–Crippen MR) is 66.9 cm³/mol. The lowest BCUT2D eigenvalue weighted by molar-refractivity contribution is -0.128. The molecule has 1 saturated heterocycles. The second kappa shape index (κ2) is 6.36. The smallest absolute Gasteiger partial charge is 0.237 e. The van der Waals surface area contributed by atoms with Gasteiger partial charge >= 0.3 is 0 Å². The molecule has 2 rings (SSSR count). The molecule has 2 fully saturated rings. The molecular formula is C13H24N2O2. The van der Waals surface area contributed by atoms with Crippen molar-refractivity contribution in [1.29, 1.82) is 0 Å². The fourth-order valence-electron chi connectivity index (χ4n) is 2.70. The molecule has 0 bridgehead atoms. The summed E-state index contributed by atoms with van der Waals surface area (Å²) in [6.07, 6.45) is 6.16. The van der Waals surface area contributed by atoms with E-state index in [1.165, 1.54) is 19.3 Å². The van der Waals surface area contributed by atoms with Gasteiger partial charge in [-0.3, -0.25) is 9.69 Å². The fraction of sp³-hybridized carbons (Fsp3) is 0.923. The molecule has 1 N–H and O–H groups in total. The number of amides is 1. The number of carbonyl (C=O) groups is 1. The maximum atomic E-state index is 12.1. The number of morpholine rings is 1. The van der Waals surface area contributed by atoms with Gasteiger partial charge in [0.05, 0.1) is 19.3 Å².